The lowest BCUT2D eigenvalue weighted by molar-refractivity contribution is -0.385. The summed E-state index contributed by atoms with van der Waals surface area (Å²) in [6.07, 6.45) is -0.803. The van der Waals surface area contributed by atoms with Gasteiger partial charge in [0.05, 0.1) is 18.1 Å². The Bertz CT molecular complexity index is 475. The Kier molecular flexibility index (Phi) is 4.89. The van der Waals surface area contributed by atoms with E-state index in [9.17, 15) is 15.2 Å². The molecule has 1 aliphatic rings. The Morgan fingerprint density at radius 1 is 1.50 bits per heavy atom. The molecule has 1 aromatic carbocycles. The molecule has 20 heavy (non-hydrogen) atoms. The topological polar surface area (TPSA) is 87.9 Å². The third kappa shape index (κ3) is 3.44. The minimum absolute atomic E-state index is 0.0415. The maximum atomic E-state index is 10.8. The molecule has 2 rings (SSSR count). The number of methoxy groups -OCH3 is 1. The number of piperazine rings is 1. The lowest BCUT2D eigenvalue weighted by Gasteiger charge is -2.29. The fraction of sp³-hybridized carbons (Fsp3) is 0.538. The molecular formula is C13H19N3O4. The highest BCUT2D eigenvalue weighted by molar-refractivity contribution is 5.45. The number of nitro benzene ring substituents is 1. The standard InChI is InChI=1S/C13H19N3O4/c1-20-13-3-2-10(16(18)19)8-11(13)12(17)9-15-6-4-14-5-7-15/h2-3,8,12,14,17H,4-7,9H2,1H3. The van der Waals surface area contributed by atoms with Crippen molar-refractivity contribution in [1.82, 2.24) is 10.2 Å². The molecule has 1 fully saturated rings. The van der Waals surface area contributed by atoms with E-state index in [4.69, 9.17) is 4.74 Å². The monoisotopic (exact) mass is 281 g/mol. The number of benzene rings is 1. The average molecular weight is 281 g/mol. The number of hydrogen-bond acceptors (Lipinski definition) is 6. The average Bonchev–Trinajstić information content (AvgIpc) is 2.47. The first kappa shape index (κ1) is 14.7. The smallest absolute Gasteiger partial charge is 0.270 e. The van der Waals surface area contributed by atoms with Crippen LogP contribution in [0.4, 0.5) is 5.69 Å². The molecule has 0 amide bonds. The second-order valence-corrected chi connectivity index (χ2v) is 4.75. The molecule has 0 aliphatic carbocycles. The zero-order valence-corrected chi connectivity index (χ0v) is 11.4. The molecule has 0 spiro atoms. The highest BCUT2D eigenvalue weighted by atomic mass is 16.6. The Labute approximate surface area is 117 Å². The Morgan fingerprint density at radius 3 is 2.80 bits per heavy atom. The molecular weight excluding hydrogens is 262 g/mol. The first-order chi connectivity index (χ1) is 9.61. The quantitative estimate of drug-likeness (QED) is 0.605. The van der Waals surface area contributed by atoms with Crippen LogP contribution < -0.4 is 10.1 Å². The Balaban J connectivity index is 2.15. The summed E-state index contributed by atoms with van der Waals surface area (Å²) in [6.45, 7) is 3.93. The lowest BCUT2D eigenvalue weighted by Crippen LogP contribution is -2.45. The SMILES string of the molecule is COc1ccc([N+](=O)[O-])cc1C(O)CN1CCNCC1. The van der Waals surface area contributed by atoms with Gasteiger partial charge in [-0.2, -0.15) is 0 Å². The molecule has 1 heterocycles. The van der Waals surface area contributed by atoms with E-state index in [0.717, 1.165) is 26.2 Å². The van der Waals surface area contributed by atoms with Crippen molar-refractivity contribution in [3.8, 4) is 5.75 Å². The van der Waals surface area contributed by atoms with Gasteiger partial charge in [-0.15, -0.1) is 0 Å². The number of aliphatic hydroxyl groups excluding tert-OH is 1. The van der Waals surface area contributed by atoms with Crippen LogP contribution in [0, 0.1) is 10.1 Å². The molecule has 1 saturated heterocycles. The van der Waals surface area contributed by atoms with Crippen molar-refractivity contribution in [2.75, 3.05) is 39.8 Å². The van der Waals surface area contributed by atoms with Gasteiger partial charge >= 0.3 is 0 Å². The summed E-state index contributed by atoms with van der Waals surface area (Å²) < 4.78 is 5.18. The van der Waals surface area contributed by atoms with Crippen LogP contribution in [0.3, 0.4) is 0 Å². The minimum atomic E-state index is -0.803. The number of nitro groups is 1. The van der Waals surface area contributed by atoms with Gasteiger partial charge in [0.15, 0.2) is 0 Å². The maximum Gasteiger partial charge on any atom is 0.270 e. The van der Waals surface area contributed by atoms with Crippen molar-refractivity contribution in [1.29, 1.82) is 0 Å². The second-order valence-electron chi connectivity index (χ2n) is 4.75. The zero-order chi connectivity index (χ0) is 14.5. The number of ether oxygens (including phenoxy) is 1. The van der Waals surface area contributed by atoms with Gasteiger partial charge < -0.3 is 15.2 Å². The number of nitrogens with zero attached hydrogens (tertiary/aromatic N) is 2. The van der Waals surface area contributed by atoms with Crippen molar-refractivity contribution in [3.63, 3.8) is 0 Å². The Hall–Kier alpha value is -1.70. The van der Waals surface area contributed by atoms with E-state index in [0.29, 0.717) is 17.9 Å². The summed E-state index contributed by atoms with van der Waals surface area (Å²) in [5.41, 5.74) is 0.417. The van der Waals surface area contributed by atoms with Gasteiger partial charge in [0.25, 0.3) is 5.69 Å². The van der Waals surface area contributed by atoms with Gasteiger partial charge in [-0.25, -0.2) is 0 Å². The van der Waals surface area contributed by atoms with Gasteiger partial charge in [-0.05, 0) is 6.07 Å². The predicted molar refractivity (Wildman–Crippen MR) is 73.9 cm³/mol. The summed E-state index contributed by atoms with van der Waals surface area (Å²) in [7, 11) is 1.49. The van der Waals surface area contributed by atoms with Crippen LogP contribution >= 0.6 is 0 Å². The number of aliphatic hydroxyl groups is 1. The molecule has 1 atom stereocenters. The largest absolute Gasteiger partial charge is 0.496 e. The van der Waals surface area contributed by atoms with E-state index in [1.807, 2.05) is 0 Å². The molecule has 0 bridgehead atoms. The van der Waals surface area contributed by atoms with Crippen LogP contribution in [0.1, 0.15) is 11.7 Å². The van der Waals surface area contributed by atoms with Crippen LogP contribution in [-0.4, -0.2) is 54.8 Å². The number of β-amino-alcohol motifs (C(OH)–C–C–N with tert-alkyl or cyclic N) is 1. The van der Waals surface area contributed by atoms with Gasteiger partial charge in [-0.1, -0.05) is 0 Å². The van der Waals surface area contributed by atoms with Gasteiger partial charge in [0.2, 0.25) is 0 Å². The van der Waals surface area contributed by atoms with Crippen LogP contribution in [0.2, 0.25) is 0 Å². The summed E-state index contributed by atoms with van der Waals surface area (Å²) in [6, 6.07) is 4.28. The molecule has 7 heteroatoms. The first-order valence-corrected chi connectivity index (χ1v) is 6.55. The van der Waals surface area contributed by atoms with E-state index >= 15 is 0 Å². The number of rotatable bonds is 5. The van der Waals surface area contributed by atoms with Crippen molar-refractivity contribution in [2.45, 2.75) is 6.10 Å². The minimum Gasteiger partial charge on any atom is -0.496 e. The molecule has 2 N–H and O–H groups in total. The van der Waals surface area contributed by atoms with Crippen molar-refractivity contribution in [3.05, 3.63) is 33.9 Å². The van der Waals surface area contributed by atoms with Crippen molar-refractivity contribution < 1.29 is 14.8 Å². The summed E-state index contributed by atoms with van der Waals surface area (Å²) in [4.78, 5) is 12.5. The van der Waals surface area contributed by atoms with E-state index in [1.54, 1.807) is 0 Å². The molecule has 7 nitrogen and oxygen atoms in total. The van der Waals surface area contributed by atoms with Crippen LogP contribution in [0.25, 0.3) is 0 Å². The lowest BCUT2D eigenvalue weighted by atomic mass is 10.1. The fourth-order valence-corrected chi connectivity index (χ4v) is 2.33. The third-order valence-electron chi connectivity index (χ3n) is 3.42. The van der Waals surface area contributed by atoms with Crippen LogP contribution in [0.5, 0.6) is 5.75 Å². The zero-order valence-electron chi connectivity index (χ0n) is 11.4. The fourth-order valence-electron chi connectivity index (χ4n) is 2.33. The Morgan fingerprint density at radius 2 is 2.20 bits per heavy atom. The summed E-state index contributed by atoms with van der Waals surface area (Å²) >= 11 is 0. The second kappa shape index (κ2) is 6.65. The van der Waals surface area contributed by atoms with Gasteiger partial charge in [0, 0.05) is 50.4 Å². The number of non-ortho nitro benzene ring substituents is 1. The van der Waals surface area contributed by atoms with E-state index in [-0.39, 0.29) is 5.69 Å². The third-order valence-corrected chi connectivity index (χ3v) is 3.42. The molecule has 1 unspecified atom stereocenters. The normalized spacial score (nSPS) is 17.7. The molecule has 1 aromatic rings. The van der Waals surface area contributed by atoms with Crippen molar-refractivity contribution >= 4 is 5.69 Å². The molecule has 0 radical (unpaired) electrons. The van der Waals surface area contributed by atoms with Crippen molar-refractivity contribution in [2.24, 2.45) is 0 Å². The molecule has 110 valence electrons. The van der Waals surface area contributed by atoms with Crippen LogP contribution in [-0.2, 0) is 0 Å². The summed E-state index contributed by atoms with van der Waals surface area (Å²) in [5.74, 6) is 0.471. The van der Waals surface area contributed by atoms with E-state index < -0.39 is 11.0 Å². The highest BCUT2D eigenvalue weighted by Crippen LogP contribution is 2.29. The van der Waals surface area contributed by atoms with E-state index in [1.165, 1.54) is 25.3 Å². The van der Waals surface area contributed by atoms with E-state index in [2.05, 4.69) is 10.2 Å². The molecule has 1 aliphatic heterocycles. The molecule has 0 saturated carbocycles. The number of nitrogens with one attached hydrogen (secondary N) is 1. The summed E-state index contributed by atoms with van der Waals surface area (Å²) in [5, 5.41) is 24.4. The maximum absolute atomic E-state index is 10.8. The van der Waals surface area contributed by atoms with Gasteiger partial charge in [0.1, 0.15) is 5.75 Å². The first-order valence-electron chi connectivity index (χ1n) is 6.55. The van der Waals surface area contributed by atoms with Crippen LogP contribution in [0.15, 0.2) is 18.2 Å². The predicted octanol–water partition coefficient (Wildman–Crippen LogP) is 0.542. The number of hydrogen-bond donors (Lipinski definition) is 2. The molecule has 0 aromatic heterocycles. The van der Waals surface area contributed by atoms with Gasteiger partial charge in [-0.3, -0.25) is 15.0 Å². The highest BCUT2D eigenvalue weighted by Gasteiger charge is 2.21.